The van der Waals surface area contributed by atoms with Crippen LogP contribution in [0, 0.1) is 18.3 Å². The summed E-state index contributed by atoms with van der Waals surface area (Å²) in [6.07, 6.45) is 1.65. The van der Waals surface area contributed by atoms with Crippen molar-refractivity contribution in [1.29, 1.82) is 5.26 Å². The minimum atomic E-state index is -0.199. The molecule has 5 heteroatoms. The zero-order valence-corrected chi connectivity index (χ0v) is 9.92. The second-order valence-corrected chi connectivity index (χ2v) is 3.83. The molecule has 0 saturated heterocycles. The highest BCUT2D eigenvalue weighted by Crippen LogP contribution is 2.10. The van der Waals surface area contributed by atoms with Gasteiger partial charge in [0.15, 0.2) is 5.82 Å². The number of nitriles is 1. The van der Waals surface area contributed by atoms with E-state index >= 15 is 0 Å². The maximum absolute atomic E-state index is 12.0. The summed E-state index contributed by atoms with van der Waals surface area (Å²) in [5.74, 6) is 0.244. The molecule has 0 unspecified atom stereocenters. The van der Waals surface area contributed by atoms with Gasteiger partial charge in [0, 0.05) is 17.8 Å². The van der Waals surface area contributed by atoms with E-state index in [0.717, 1.165) is 5.56 Å². The van der Waals surface area contributed by atoms with Crippen LogP contribution in [-0.4, -0.2) is 15.7 Å². The average molecular weight is 240 g/mol. The van der Waals surface area contributed by atoms with E-state index < -0.39 is 0 Å². The number of rotatable bonds is 3. The van der Waals surface area contributed by atoms with Crippen LogP contribution in [0.5, 0.6) is 0 Å². The van der Waals surface area contributed by atoms with E-state index in [4.69, 9.17) is 5.26 Å². The van der Waals surface area contributed by atoms with Gasteiger partial charge in [-0.3, -0.25) is 9.48 Å². The second kappa shape index (κ2) is 5.15. The molecule has 0 bridgehead atoms. The Morgan fingerprint density at radius 1 is 1.44 bits per heavy atom. The van der Waals surface area contributed by atoms with Gasteiger partial charge >= 0.3 is 0 Å². The first-order chi connectivity index (χ1) is 8.70. The van der Waals surface area contributed by atoms with Gasteiger partial charge in [0.2, 0.25) is 0 Å². The van der Waals surface area contributed by atoms with Crippen molar-refractivity contribution in [3.8, 4) is 6.07 Å². The van der Waals surface area contributed by atoms with Gasteiger partial charge < -0.3 is 5.32 Å². The first kappa shape index (κ1) is 11.9. The van der Waals surface area contributed by atoms with E-state index in [1.54, 1.807) is 18.3 Å². The SMILES string of the molecule is Cc1ccccc1C(=O)Nc1ccn(CC#N)n1. The number of amides is 1. The Bertz CT molecular complexity index is 609. The van der Waals surface area contributed by atoms with Crippen LogP contribution in [0.2, 0.25) is 0 Å². The number of nitrogens with zero attached hydrogens (tertiary/aromatic N) is 3. The van der Waals surface area contributed by atoms with Gasteiger partial charge in [0.05, 0.1) is 6.07 Å². The van der Waals surface area contributed by atoms with Crippen LogP contribution in [0.15, 0.2) is 36.5 Å². The highest BCUT2D eigenvalue weighted by molar-refractivity contribution is 6.04. The van der Waals surface area contributed by atoms with Gasteiger partial charge in [-0.15, -0.1) is 0 Å². The Morgan fingerprint density at radius 2 is 2.22 bits per heavy atom. The normalized spacial score (nSPS) is 9.78. The van der Waals surface area contributed by atoms with E-state index in [0.29, 0.717) is 11.4 Å². The lowest BCUT2D eigenvalue weighted by molar-refractivity contribution is 0.102. The van der Waals surface area contributed by atoms with Crippen molar-refractivity contribution in [3.63, 3.8) is 0 Å². The minimum absolute atomic E-state index is 0.167. The highest BCUT2D eigenvalue weighted by Gasteiger charge is 2.09. The molecule has 5 nitrogen and oxygen atoms in total. The fourth-order valence-corrected chi connectivity index (χ4v) is 1.60. The third-order valence-corrected chi connectivity index (χ3v) is 2.50. The molecule has 0 aliphatic carbocycles. The van der Waals surface area contributed by atoms with Crippen LogP contribution in [0.25, 0.3) is 0 Å². The quantitative estimate of drug-likeness (QED) is 0.891. The summed E-state index contributed by atoms with van der Waals surface area (Å²) in [6.45, 7) is 2.05. The summed E-state index contributed by atoms with van der Waals surface area (Å²) in [5.41, 5.74) is 1.53. The second-order valence-electron chi connectivity index (χ2n) is 3.83. The van der Waals surface area contributed by atoms with Crippen molar-refractivity contribution in [2.24, 2.45) is 0 Å². The molecule has 90 valence electrons. The first-order valence-corrected chi connectivity index (χ1v) is 5.48. The predicted molar refractivity (Wildman–Crippen MR) is 67.0 cm³/mol. The van der Waals surface area contributed by atoms with E-state index in [2.05, 4.69) is 10.4 Å². The summed E-state index contributed by atoms with van der Waals surface area (Å²) in [4.78, 5) is 12.0. The third-order valence-electron chi connectivity index (χ3n) is 2.50. The fraction of sp³-hybridized carbons (Fsp3) is 0.154. The van der Waals surface area contributed by atoms with Gasteiger partial charge in [0.1, 0.15) is 6.54 Å². The Morgan fingerprint density at radius 3 is 2.94 bits per heavy atom. The Hall–Kier alpha value is -2.61. The summed E-state index contributed by atoms with van der Waals surface area (Å²) >= 11 is 0. The molecule has 0 atom stereocenters. The smallest absolute Gasteiger partial charge is 0.257 e. The molecule has 1 aromatic carbocycles. The molecule has 0 spiro atoms. The molecule has 2 rings (SSSR count). The lowest BCUT2D eigenvalue weighted by Crippen LogP contribution is -2.14. The van der Waals surface area contributed by atoms with Crippen LogP contribution in [-0.2, 0) is 6.54 Å². The number of carbonyl (C=O) groups excluding carboxylic acids is 1. The van der Waals surface area contributed by atoms with Crippen molar-refractivity contribution < 1.29 is 4.79 Å². The maximum atomic E-state index is 12.0. The number of aryl methyl sites for hydroxylation is 1. The largest absolute Gasteiger partial charge is 0.305 e. The van der Waals surface area contributed by atoms with Gasteiger partial charge in [-0.1, -0.05) is 18.2 Å². The highest BCUT2D eigenvalue weighted by atomic mass is 16.1. The number of anilines is 1. The number of aromatic nitrogens is 2. The lowest BCUT2D eigenvalue weighted by atomic mass is 10.1. The topological polar surface area (TPSA) is 70.7 Å². The molecular weight excluding hydrogens is 228 g/mol. The number of benzene rings is 1. The molecule has 0 aliphatic rings. The molecule has 1 heterocycles. The van der Waals surface area contributed by atoms with E-state index in [9.17, 15) is 4.79 Å². The van der Waals surface area contributed by atoms with E-state index in [1.165, 1.54) is 4.68 Å². The summed E-state index contributed by atoms with van der Waals surface area (Å²) in [6, 6.07) is 11.0. The molecule has 2 aromatic rings. The monoisotopic (exact) mass is 240 g/mol. The van der Waals surface area contributed by atoms with Crippen LogP contribution in [0.4, 0.5) is 5.82 Å². The van der Waals surface area contributed by atoms with E-state index in [1.807, 2.05) is 31.2 Å². The maximum Gasteiger partial charge on any atom is 0.257 e. The van der Waals surface area contributed by atoms with Crippen LogP contribution < -0.4 is 5.32 Å². The van der Waals surface area contributed by atoms with Crippen molar-refractivity contribution >= 4 is 11.7 Å². The number of hydrogen-bond donors (Lipinski definition) is 1. The molecule has 1 N–H and O–H groups in total. The number of carbonyl (C=O) groups is 1. The van der Waals surface area contributed by atoms with Gasteiger partial charge in [0.25, 0.3) is 5.91 Å². The Balaban J connectivity index is 2.12. The zero-order valence-electron chi connectivity index (χ0n) is 9.92. The fourth-order valence-electron chi connectivity index (χ4n) is 1.60. The molecule has 0 fully saturated rings. The van der Waals surface area contributed by atoms with Crippen LogP contribution in [0.3, 0.4) is 0 Å². The van der Waals surface area contributed by atoms with Gasteiger partial charge in [-0.05, 0) is 18.6 Å². The third kappa shape index (κ3) is 2.55. The van der Waals surface area contributed by atoms with Crippen molar-refractivity contribution in [2.45, 2.75) is 13.5 Å². The first-order valence-electron chi connectivity index (χ1n) is 5.48. The predicted octanol–water partition coefficient (Wildman–Crippen LogP) is 1.97. The van der Waals surface area contributed by atoms with E-state index in [-0.39, 0.29) is 12.5 Å². The standard InChI is InChI=1S/C13H12N4O/c1-10-4-2-3-5-11(10)13(18)15-12-6-8-17(16-12)9-7-14/h2-6,8H,9H2,1H3,(H,15,16,18). The van der Waals surface area contributed by atoms with Crippen LogP contribution >= 0.6 is 0 Å². The minimum Gasteiger partial charge on any atom is -0.305 e. The molecule has 0 aliphatic heterocycles. The van der Waals surface area contributed by atoms with Crippen molar-refractivity contribution in [2.75, 3.05) is 5.32 Å². The molecule has 18 heavy (non-hydrogen) atoms. The number of hydrogen-bond acceptors (Lipinski definition) is 3. The van der Waals surface area contributed by atoms with Crippen molar-refractivity contribution in [1.82, 2.24) is 9.78 Å². The van der Waals surface area contributed by atoms with Crippen LogP contribution in [0.1, 0.15) is 15.9 Å². The molecule has 1 aromatic heterocycles. The van der Waals surface area contributed by atoms with Gasteiger partial charge in [-0.2, -0.15) is 10.4 Å². The molecular formula is C13H12N4O. The molecule has 0 radical (unpaired) electrons. The average Bonchev–Trinajstić information content (AvgIpc) is 2.77. The van der Waals surface area contributed by atoms with Crippen molar-refractivity contribution in [3.05, 3.63) is 47.7 Å². The Labute approximate surface area is 105 Å². The Kier molecular flexibility index (Phi) is 3.39. The van der Waals surface area contributed by atoms with Gasteiger partial charge in [-0.25, -0.2) is 0 Å². The summed E-state index contributed by atoms with van der Waals surface area (Å²) < 4.78 is 1.47. The summed E-state index contributed by atoms with van der Waals surface area (Å²) in [7, 11) is 0. The molecule has 0 saturated carbocycles. The lowest BCUT2D eigenvalue weighted by Gasteiger charge is -2.04. The molecule has 1 amide bonds. The summed E-state index contributed by atoms with van der Waals surface area (Å²) in [5, 5.41) is 15.3. The zero-order chi connectivity index (χ0) is 13.0. The number of nitrogens with one attached hydrogen (secondary N) is 1.